The fraction of sp³-hybridized carbons (Fsp3) is 0.467. The Balaban J connectivity index is 2.56. The molecule has 1 unspecified atom stereocenters. The van der Waals surface area contributed by atoms with E-state index in [0.29, 0.717) is 6.42 Å². The van der Waals surface area contributed by atoms with Gasteiger partial charge in [0.05, 0.1) is 11.6 Å². The fourth-order valence-electron chi connectivity index (χ4n) is 1.88. The van der Waals surface area contributed by atoms with Crippen molar-refractivity contribution in [1.29, 1.82) is 0 Å². The third kappa shape index (κ3) is 5.38. The van der Waals surface area contributed by atoms with Crippen LogP contribution in [0.25, 0.3) is 0 Å². The maximum atomic E-state index is 11.8. The molecule has 0 aliphatic carbocycles. The number of carbonyl (C=O) groups is 2. The van der Waals surface area contributed by atoms with Crippen molar-refractivity contribution in [2.75, 3.05) is 7.11 Å². The minimum absolute atomic E-state index is 0.151. The summed E-state index contributed by atoms with van der Waals surface area (Å²) in [6.07, 6.45) is 0.786. The molecule has 0 radical (unpaired) electrons. The number of carbonyl (C=O) groups excluding carboxylic acids is 1. The fourth-order valence-corrected chi connectivity index (χ4v) is 2.47. The van der Waals surface area contributed by atoms with Crippen LogP contribution in [0.15, 0.2) is 22.7 Å². The normalized spacial score (nSPS) is 12.0. The van der Waals surface area contributed by atoms with Crippen LogP contribution in [0, 0.1) is 5.92 Å². The summed E-state index contributed by atoms with van der Waals surface area (Å²) < 4.78 is 5.97. The van der Waals surface area contributed by atoms with Gasteiger partial charge in [-0.1, -0.05) is 19.9 Å². The van der Waals surface area contributed by atoms with E-state index in [1.165, 1.54) is 0 Å². The maximum absolute atomic E-state index is 11.8. The first-order valence-corrected chi connectivity index (χ1v) is 7.49. The van der Waals surface area contributed by atoms with Crippen molar-refractivity contribution >= 4 is 27.8 Å². The number of benzene rings is 1. The standard InChI is InChI=1S/C15H20BrNO4/c1-9(2)14(15(19)20)17-13(18)7-5-10-4-6-12(21-3)11(16)8-10/h4,6,8-9,14H,5,7H2,1-3H3,(H,17,18)(H,19,20). The number of carboxylic acid groups (broad SMARTS) is 1. The highest BCUT2D eigenvalue weighted by atomic mass is 79.9. The summed E-state index contributed by atoms with van der Waals surface area (Å²) in [4.78, 5) is 22.9. The molecule has 0 saturated heterocycles. The van der Waals surface area contributed by atoms with Crippen molar-refractivity contribution in [3.8, 4) is 5.75 Å². The first-order chi connectivity index (χ1) is 9.85. The molecule has 0 heterocycles. The molecule has 1 aromatic carbocycles. The number of methoxy groups -OCH3 is 1. The van der Waals surface area contributed by atoms with Gasteiger partial charge in [0.15, 0.2) is 0 Å². The molecule has 0 aliphatic heterocycles. The van der Waals surface area contributed by atoms with E-state index in [1.807, 2.05) is 18.2 Å². The molecule has 1 amide bonds. The molecule has 0 fully saturated rings. The van der Waals surface area contributed by atoms with E-state index in [0.717, 1.165) is 15.8 Å². The SMILES string of the molecule is COc1ccc(CCC(=O)NC(C(=O)O)C(C)C)cc1Br. The molecule has 0 spiro atoms. The number of halogens is 1. The minimum atomic E-state index is -1.01. The van der Waals surface area contributed by atoms with E-state index in [2.05, 4.69) is 21.2 Å². The van der Waals surface area contributed by atoms with Crippen LogP contribution >= 0.6 is 15.9 Å². The minimum Gasteiger partial charge on any atom is -0.496 e. The van der Waals surface area contributed by atoms with Crippen LogP contribution in [0.2, 0.25) is 0 Å². The van der Waals surface area contributed by atoms with Crippen LogP contribution in [0.4, 0.5) is 0 Å². The number of rotatable bonds is 7. The third-order valence-electron chi connectivity index (χ3n) is 3.11. The Labute approximate surface area is 132 Å². The Morgan fingerprint density at radius 1 is 1.38 bits per heavy atom. The van der Waals surface area contributed by atoms with Gasteiger partial charge in [0.25, 0.3) is 0 Å². The molecule has 5 nitrogen and oxygen atoms in total. The number of hydrogen-bond donors (Lipinski definition) is 2. The van der Waals surface area contributed by atoms with E-state index < -0.39 is 12.0 Å². The Bertz CT molecular complexity index is 516. The smallest absolute Gasteiger partial charge is 0.326 e. The number of aliphatic carboxylic acids is 1. The van der Waals surface area contributed by atoms with Gasteiger partial charge in [0, 0.05) is 6.42 Å². The quantitative estimate of drug-likeness (QED) is 0.786. The molecule has 2 N–H and O–H groups in total. The molecule has 6 heteroatoms. The zero-order valence-corrected chi connectivity index (χ0v) is 13.9. The van der Waals surface area contributed by atoms with Crippen LogP contribution in [0.1, 0.15) is 25.8 Å². The highest BCUT2D eigenvalue weighted by Gasteiger charge is 2.23. The molecule has 21 heavy (non-hydrogen) atoms. The molecule has 0 aromatic heterocycles. The Hall–Kier alpha value is -1.56. The van der Waals surface area contributed by atoms with Crippen molar-refractivity contribution < 1.29 is 19.4 Å². The van der Waals surface area contributed by atoms with E-state index in [4.69, 9.17) is 9.84 Å². The number of nitrogens with one attached hydrogen (secondary N) is 1. The van der Waals surface area contributed by atoms with Gasteiger partial charge in [0.2, 0.25) is 5.91 Å². The van der Waals surface area contributed by atoms with Gasteiger partial charge in [-0.05, 0) is 46.0 Å². The van der Waals surface area contributed by atoms with Crippen molar-refractivity contribution in [2.45, 2.75) is 32.7 Å². The molecule has 0 saturated carbocycles. The first kappa shape index (κ1) is 17.5. The lowest BCUT2D eigenvalue weighted by Gasteiger charge is -2.17. The monoisotopic (exact) mass is 357 g/mol. The summed E-state index contributed by atoms with van der Waals surface area (Å²) in [5, 5.41) is 11.6. The topological polar surface area (TPSA) is 75.6 Å². The van der Waals surface area contributed by atoms with Crippen LogP contribution in [-0.2, 0) is 16.0 Å². The lowest BCUT2D eigenvalue weighted by Crippen LogP contribution is -2.44. The molecular weight excluding hydrogens is 338 g/mol. The molecule has 1 atom stereocenters. The summed E-state index contributed by atoms with van der Waals surface area (Å²) in [6, 6.07) is 4.75. The van der Waals surface area contributed by atoms with Gasteiger partial charge in [-0.15, -0.1) is 0 Å². The zero-order chi connectivity index (χ0) is 16.0. The van der Waals surface area contributed by atoms with Gasteiger partial charge in [0.1, 0.15) is 11.8 Å². The molecule has 1 rings (SSSR count). The van der Waals surface area contributed by atoms with Gasteiger partial charge < -0.3 is 15.2 Å². The number of ether oxygens (including phenoxy) is 1. The number of carboxylic acids is 1. The summed E-state index contributed by atoms with van der Waals surface area (Å²) in [6.45, 7) is 3.53. The molecule has 0 bridgehead atoms. The number of hydrogen-bond acceptors (Lipinski definition) is 3. The van der Waals surface area contributed by atoms with Crippen LogP contribution in [0.5, 0.6) is 5.75 Å². The van der Waals surface area contributed by atoms with Crippen molar-refractivity contribution in [2.24, 2.45) is 5.92 Å². The second-order valence-electron chi connectivity index (χ2n) is 5.10. The Morgan fingerprint density at radius 3 is 2.52 bits per heavy atom. The lowest BCUT2D eigenvalue weighted by atomic mass is 10.0. The molecule has 1 aromatic rings. The Kier molecular flexibility index (Phi) is 6.68. The van der Waals surface area contributed by atoms with E-state index in [9.17, 15) is 9.59 Å². The number of aryl methyl sites for hydroxylation is 1. The summed E-state index contributed by atoms with van der Waals surface area (Å²) >= 11 is 3.39. The highest BCUT2D eigenvalue weighted by molar-refractivity contribution is 9.10. The van der Waals surface area contributed by atoms with Gasteiger partial charge in [-0.3, -0.25) is 4.79 Å². The number of amides is 1. The lowest BCUT2D eigenvalue weighted by molar-refractivity contribution is -0.143. The summed E-state index contributed by atoms with van der Waals surface area (Å²) in [7, 11) is 1.59. The van der Waals surface area contributed by atoms with E-state index in [-0.39, 0.29) is 18.2 Å². The maximum Gasteiger partial charge on any atom is 0.326 e. The van der Waals surface area contributed by atoms with Crippen molar-refractivity contribution in [3.63, 3.8) is 0 Å². The molecule has 0 aliphatic rings. The second kappa shape index (κ2) is 8.02. The largest absolute Gasteiger partial charge is 0.496 e. The average molecular weight is 358 g/mol. The summed E-state index contributed by atoms with van der Waals surface area (Å²) in [5.41, 5.74) is 0.981. The van der Waals surface area contributed by atoms with E-state index >= 15 is 0 Å². The highest BCUT2D eigenvalue weighted by Crippen LogP contribution is 2.25. The average Bonchev–Trinajstić information content (AvgIpc) is 2.42. The van der Waals surface area contributed by atoms with Crippen LogP contribution in [-0.4, -0.2) is 30.1 Å². The summed E-state index contributed by atoms with van der Waals surface area (Å²) in [5.74, 6) is -0.691. The predicted molar refractivity (Wildman–Crippen MR) is 83.4 cm³/mol. The zero-order valence-electron chi connectivity index (χ0n) is 12.4. The van der Waals surface area contributed by atoms with Crippen LogP contribution < -0.4 is 10.1 Å². The molecule has 116 valence electrons. The van der Waals surface area contributed by atoms with Gasteiger partial charge >= 0.3 is 5.97 Å². The van der Waals surface area contributed by atoms with Crippen LogP contribution in [0.3, 0.4) is 0 Å². The van der Waals surface area contributed by atoms with E-state index in [1.54, 1.807) is 21.0 Å². The third-order valence-corrected chi connectivity index (χ3v) is 3.73. The van der Waals surface area contributed by atoms with Gasteiger partial charge in [-0.25, -0.2) is 4.79 Å². The second-order valence-corrected chi connectivity index (χ2v) is 5.95. The van der Waals surface area contributed by atoms with Gasteiger partial charge in [-0.2, -0.15) is 0 Å². The Morgan fingerprint density at radius 2 is 2.05 bits per heavy atom. The van der Waals surface area contributed by atoms with Crippen molar-refractivity contribution in [3.05, 3.63) is 28.2 Å². The first-order valence-electron chi connectivity index (χ1n) is 6.69. The van der Waals surface area contributed by atoms with Crippen molar-refractivity contribution in [1.82, 2.24) is 5.32 Å². The molecular formula is C15H20BrNO4. The predicted octanol–water partition coefficient (Wildman–Crippen LogP) is 2.62.